The first-order valence-corrected chi connectivity index (χ1v) is 9.16. The Bertz CT molecular complexity index is 586. The second-order valence-electron chi connectivity index (χ2n) is 6.29. The highest BCUT2D eigenvalue weighted by molar-refractivity contribution is 6.00. The van der Waals surface area contributed by atoms with E-state index in [0.717, 1.165) is 49.9 Å². The van der Waals surface area contributed by atoms with Crippen LogP contribution in [0, 0.1) is 0 Å². The molecule has 128 valence electrons. The van der Waals surface area contributed by atoms with Gasteiger partial charge in [-0.1, -0.05) is 87.4 Å². The Morgan fingerprint density at radius 3 is 1.83 bits per heavy atom. The lowest BCUT2D eigenvalue weighted by molar-refractivity contribution is 0.0810. The van der Waals surface area contributed by atoms with Crippen molar-refractivity contribution in [3.8, 4) is 0 Å². The number of hydrogen-bond acceptors (Lipinski definition) is 2. The van der Waals surface area contributed by atoms with E-state index in [2.05, 4.69) is 30.9 Å². The molecule has 2 aromatic carbocycles. The maximum absolute atomic E-state index is 13.3. The highest BCUT2D eigenvalue weighted by Crippen LogP contribution is 2.26. The maximum Gasteiger partial charge on any atom is 0.184 e. The van der Waals surface area contributed by atoms with Gasteiger partial charge in [-0.05, 0) is 31.5 Å². The lowest BCUT2D eigenvalue weighted by Crippen LogP contribution is -2.36. The molecule has 0 aliphatic carbocycles. The number of benzene rings is 2. The van der Waals surface area contributed by atoms with Gasteiger partial charge < -0.3 is 0 Å². The van der Waals surface area contributed by atoms with Crippen molar-refractivity contribution in [1.29, 1.82) is 0 Å². The van der Waals surface area contributed by atoms with E-state index in [1.807, 2.05) is 48.5 Å². The first-order chi connectivity index (χ1) is 11.8. The molecule has 0 saturated carbocycles. The third-order valence-corrected chi connectivity index (χ3v) is 4.38. The van der Waals surface area contributed by atoms with Crippen molar-refractivity contribution in [1.82, 2.24) is 4.90 Å². The lowest BCUT2D eigenvalue weighted by atomic mass is 9.95. The predicted octanol–water partition coefficient (Wildman–Crippen LogP) is 5.51. The number of rotatable bonds is 10. The number of carbonyl (C=O) groups excluding carboxylic acids is 1. The second kappa shape index (κ2) is 10.0. The van der Waals surface area contributed by atoms with E-state index in [1.165, 1.54) is 0 Å². The Labute approximate surface area is 146 Å². The molecule has 2 nitrogen and oxygen atoms in total. The Kier molecular flexibility index (Phi) is 7.70. The third-order valence-electron chi connectivity index (χ3n) is 4.38. The highest BCUT2D eigenvalue weighted by Gasteiger charge is 2.27. The highest BCUT2D eigenvalue weighted by atomic mass is 16.1. The minimum Gasteiger partial charge on any atom is -0.292 e. The zero-order chi connectivity index (χ0) is 17.2. The first-order valence-electron chi connectivity index (χ1n) is 9.16. The van der Waals surface area contributed by atoms with Crippen LogP contribution in [-0.2, 0) is 0 Å². The van der Waals surface area contributed by atoms with E-state index in [4.69, 9.17) is 0 Å². The maximum atomic E-state index is 13.3. The van der Waals surface area contributed by atoms with E-state index < -0.39 is 0 Å². The summed E-state index contributed by atoms with van der Waals surface area (Å²) in [4.78, 5) is 15.6. The van der Waals surface area contributed by atoms with Gasteiger partial charge in [0.1, 0.15) is 0 Å². The van der Waals surface area contributed by atoms with Gasteiger partial charge in [-0.3, -0.25) is 9.69 Å². The Hall–Kier alpha value is -1.93. The summed E-state index contributed by atoms with van der Waals surface area (Å²) in [7, 11) is 0. The molecular weight excluding hydrogens is 294 g/mol. The van der Waals surface area contributed by atoms with Crippen LogP contribution in [0.1, 0.15) is 61.5 Å². The number of carbonyl (C=O) groups is 1. The van der Waals surface area contributed by atoms with Crippen LogP contribution in [-0.4, -0.2) is 23.8 Å². The predicted molar refractivity (Wildman–Crippen MR) is 101 cm³/mol. The molecule has 0 aromatic heterocycles. The van der Waals surface area contributed by atoms with Crippen LogP contribution in [0.15, 0.2) is 60.7 Å². The Morgan fingerprint density at radius 1 is 0.833 bits per heavy atom. The molecule has 2 heteroatoms. The van der Waals surface area contributed by atoms with Crippen molar-refractivity contribution in [2.24, 2.45) is 0 Å². The molecule has 0 aliphatic heterocycles. The fourth-order valence-corrected chi connectivity index (χ4v) is 3.02. The number of Topliss-reactive ketones (excluding diaryl/α,β-unsaturated/α-hetero) is 1. The van der Waals surface area contributed by atoms with Crippen molar-refractivity contribution in [3.63, 3.8) is 0 Å². The SMILES string of the molecule is CCCCN(CCCC)C(C(=O)c1ccccc1)c1ccccc1. The molecular formula is C22H29NO. The minimum absolute atomic E-state index is 0.188. The van der Waals surface area contributed by atoms with E-state index in [1.54, 1.807) is 0 Å². The molecule has 0 radical (unpaired) electrons. The van der Waals surface area contributed by atoms with E-state index in [9.17, 15) is 4.79 Å². The molecule has 0 fully saturated rings. The van der Waals surface area contributed by atoms with Gasteiger partial charge in [-0.25, -0.2) is 0 Å². The number of unbranched alkanes of at least 4 members (excludes halogenated alkanes) is 2. The summed E-state index contributed by atoms with van der Waals surface area (Å²) >= 11 is 0. The normalized spacial score (nSPS) is 12.3. The monoisotopic (exact) mass is 323 g/mol. The summed E-state index contributed by atoms with van der Waals surface area (Å²) in [6.07, 6.45) is 4.53. The van der Waals surface area contributed by atoms with Gasteiger partial charge in [-0.2, -0.15) is 0 Å². The average molecular weight is 323 g/mol. The zero-order valence-electron chi connectivity index (χ0n) is 14.9. The summed E-state index contributed by atoms with van der Waals surface area (Å²) in [6, 6.07) is 19.7. The van der Waals surface area contributed by atoms with Crippen LogP contribution in [0.5, 0.6) is 0 Å². The van der Waals surface area contributed by atoms with Crippen LogP contribution in [0.4, 0.5) is 0 Å². The molecule has 0 bridgehead atoms. The smallest absolute Gasteiger partial charge is 0.184 e. The third kappa shape index (κ3) is 5.04. The van der Waals surface area contributed by atoms with Crippen molar-refractivity contribution in [3.05, 3.63) is 71.8 Å². The summed E-state index contributed by atoms with van der Waals surface area (Å²) < 4.78 is 0. The van der Waals surface area contributed by atoms with Crippen molar-refractivity contribution < 1.29 is 4.79 Å². The number of nitrogens with zero attached hydrogens (tertiary/aromatic N) is 1. The summed E-state index contributed by atoms with van der Waals surface area (Å²) in [6.45, 7) is 6.34. The van der Waals surface area contributed by atoms with Crippen molar-refractivity contribution in [2.45, 2.75) is 45.6 Å². The van der Waals surface area contributed by atoms with Crippen molar-refractivity contribution >= 4 is 5.78 Å². The van der Waals surface area contributed by atoms with Gasteiger partial charge in [0.2, 0.25) is 0 Å². The largest absolute Gasteiger partial charge is 0.292 e. The van der Waals surface area contributed by atoms with Gasteiger partial charge in [-0.15, -0.1) is 0 Å². The quantitative estimate of drug-likeness (QED) is 0.537. The Morgan fingerprint density at radius 2 is 1.33 bits per heavy atom. The molecule has 0 N–H and O–H groups in total. The molecule has 2 rings (SSSR count). The fraction of sp³-hybridized carbons (Fsp3) is 0.409. The van der Waals surface area contributed by atoms with E-state index in [0.29, 0.717) is 0 Å². The molecule has 1 unspecified atom stereocenters. The number of hydrogen-bond donors (Lipinski definition) is 0. The van der Waals surface area contributed by atoms with Gasteiger partial charge in [0.05, 0.1) is 6.04 Å². The summed E-state index contributed by atoms with van der Waals surface area (Å²) in [5.74, 6) is 0.203. The molecule has 0 aliphatic rings. The molecule has 1 atom stereocenters. The lowest BCUT2D eigenvalue weighted by Gasteiger charge is -2.31. The van der Waals surface area contributed by atoms with Gasteiger partial charge in [0.25, 0.3) is 0 Å². The summed E-state index contributed by atoms with van der Waals surface area (Å²) in [5.41, 5.74) is 1.89. The van der Waals surface area contributed by atoms with Gasteiger partial charge in [0, 0.05) is 5.56 Å². The van der Waals surface area contributed by atoms with E-state index in [-0.39, 0.29) is 11.8 Å². The van der Waals surface area contributed by atoms with Gasteiger partial charge >= 0.3 is 0 Å². The van der Waals surface area contributed by atoms with Crippen LogP contribution >= 0.6 is 0 Å². The first kappa shape index (κ1) is 18.4. The molecule has 0 amide bonds. The topological polar surface area (TPSA) is 20.3 Å². The van der Waals surface area contributed by atoms with E-state index >= 15 is 0 Å². The second-order valence-corrected chi connectivity index (χ2v) is 6.29. The molecule has 2 aromatic rings. The van der Waals surface area contributed by atoms with Crippen LogP contribution in [0.2, 0.25) is 0 Å². The molecule has 24 heavy (non-hydrogen) atoms. The Balaban J connectivity index is 2.34. The fourth-order valence-electron chi connectivity index (χ4n) is 3.02. The molecule has 0 spiro atoms. The standard InChI is InChI=1S/C22H29NO/c1-3-5-17-23(18-6-4-2)21(19-13-9-7-10-14-19)22(24)20-15-11-8-12-16-20/h7-16,21H,3-6,17-18H2,1-2H3. The van der Waals surface area contributed by atoms with Crippen LogP contribution in [0.3, 0.4) is 0 Å². The average Bonchev–Trinajstić information content (AvgIpc) is 2.65. The van der Waals surface area contributed by atoms with Gasteiger partial charge in [0.15, 0.2) is 5.78 Å². The van der Waals surface area contributed by atoms with Crippen molar-refractivity contribution in [2.75, 3.05) is 13.1 Å². The van der Waals surface area contributed by atoms with Crippen LogP contribution < -0.4 is 0 Å². The molecule has 0 heterocycles. The van der Waals surface area contributed by atoms with Crippen LogP contribution in [0.25, 0.3) is 0 Å². The number of ketones is 1. The minimum atomic E-state index is -0.188. The molecule has 0 saturated heterocycles. The summed E-state index contributed by atoms with van der Waals surface area (Å²) in [5, 5.41) is 0. The zero-order valence-corrected chi connectivity index (χ0v) is 14.9.